The smallest absolute Gasteiger partial charge is 0.244 e. The lowest BCUT2D eigenvalue weighted by molar-refractivity contribution is -0.147. The monoisotopic (exact) mass is 320 g/mol. The van der Waals surface area contributed by atoms with Gasteiger partial charge < -0.3 is 5.32 Å². The second kappa shape index (κ2) is 7.45. The average Bonchev–Trinajstić information content (AvgIpc) is 2.53. The predicted octanol–water partition coefficient (Wildman–Crippen LogP) is 2.28. The van der Waals surface area contributed by atoms with E-state index in [-0.39, 0.29) is 34.8 Å². The Kier molecular flexibility index (Phi) is 5.60. The van der Waals surface area contributed by atoms with Crippen molar-refractivity contribution in [2.75, 3.05) is 11.9 Å². The Morgan fingerprint density at radius 2 is 1.64 bits per heavy atom. The SMILES string of the molecule is CC[C@@H]1S[C@H](CC)C(=O)N(CC(=O)Nc2ccccc2)C1=O. The molecule has 1 aromatic carbocycles. The van der Waals surface area contributed by atoms with Crippen LogP contribution >= 0.6 is 11.8 Å². The van der Waals surface area contributed by atoms with Gasteiger partial charge in [0, 0.05) is 5.69 Å². The summed E-state index contributed by atoms with van der Waals surface area (Å²) in [6, 6.07) is 8.99. The van der Waals surface area contributed by atoms with Crippen molar-refractivity contribution in [2.24, 2.45) is 0 Å². The van der Waals surface area contributed by atoms with Gasteiger partial charge in [-0.25, -0.2) is 0 Å². The number of nitrogens with one attached hydrogen (secondary N) is 1. The van der Waals surface area contributed by atoms with Crippen molar-refractivity contribution in [1.82, 2.24) is 4.90 Å². The van der Waals surface area contributed by atoms with Crippen molar-refractivity contribution < 1.29 is 14.4 Å². The summed E-state index contributed by atoms with van der Waals surface area (Å²) in [6.07, 6.45) is 1.31. The second-order valence-electron chi connectivity index (χ2n) is 5.11. The molecule has 22 heavy (non-hydrogen) atoms. The number of anilines is 1. The number of imide groups is 1. The normalized spacial score (nSPS) is 21.8. The topological polar surface area (TPSA) is 66.5 Å². The average molecular weight is 320 g/mol. The van der Waals surface area contributed by atoms with E-state index in [1.807, 2.05) is 32.0 Å². The summed E-state index contributed by atoms with van der Waals surface area (Å²) in [4.78, 5) is 37.8. The van der Waals surface area contributed by atoms with E-state index in [0.29, 0.717) is 18.5 Å². The fourth-order valence-corrected chi connectivity index (χ4v) is 3.60. The van der Waals surface area contributed by atoms with E-state index in [1.54, 1.807) is 12.1 Å². The molecule has 1 aromatic rings. The van der Waals surface area contributed by atoms with Gasteiger partial charge in [-0.3, -0.25) is 19.3 Å². The Labute approximate surface area is 134 Å². The zero-order valence-corrected chi connectivity index (χ0v) is 13.6. The minimum atomic E-state index is -0.357. The molecule has 1 saturated heterocycles. The van der Waals surface area contributed by atoms with Gasteiger partial charge in [0.1, 0.15) is 6.54 Å². The zero-order chi connectivity index (χ0) is 16.1. The number of hydrogen-bond donors (Lipinski definition) is 1. The summed E-state index contributed by atoms with van der Waals surface area (Å²) in [7, 11) is 0. The third kappa shape index (κ3) is 3.68. The number of amides is 3. The van der Waals surface area contributed by atoms with Crippen molar-refractivity contribution in [1.29, 1.82) is 0 Å². The fourth-order valence-electron chi connectivity index (χ4n) is 2.33. The second-order valence-corrected chi connectivity index (χ2v) is 6.52. The molecule has 3 amide bonds. The van der Waals surface area contributed by atoms with E-state index in [2.05, 4.69) is 5.32 Å². The largest absolute Gasteiger partial charge is 0.325 e. The molecule has 0 aliphatic carbocycles. The van der Waals surface area contributed by atoms with Crippen LogP contribution < -0.4 is 5.32 Å². The molecule has 0 unspecified atom stereocenters. The van der Waals surface area contributed by atoms with E-state index < -0.39 is 0 Å². The van der Waals surface area contributed by atoms with Crippen molar-refractivity contribution in [3.05, 3.63) is 30.3 Å². The molecule has 0 radical (unpaired) electrons. The molecule has 0 spiro atoms. The van der Waals surface area contributed by atoms with E-state index in [0.717, 1.165) is 4.90 Å². The molecule has 1 fully saturated rings. The molecule has 0 bridgehead atoms. The maximum atomic E-state index is 12.3. The highest BCUT2D eigenvalue weighted by molar-refractivity contribution is 8.02. The number of thioether (sulfide) groups is 1. The van der Waals surface area contributed by atoms with Crippen LogP contribution in [0.1, 0.15) is 26.7 Å². The van der Waals surface area contributed by atoms with Gasteiger partial charge in [-0.1, -0.05) is 32.0 Å². The quantitative estimate of drug-likeness (QED) is 0.845. The molecule has 1 aliphatic rings. The molecule has 2 atom stereocenters. The summed E-state index contributed by atoms with van der Waals surface area (Å²) in [5.41, 5.74) is 0.651. The summed E-state index contributed by atoms with van der Waals surface area (Å²) in [6.45, 7) is 3.61. The van der Waals surface area contributed by atoms with Gasteiger partial charge in [0.05, 0.1) is 10.5 Å². The molecule has 1 heterocycles. The molecule has 1 aliphatic heterocycles. The van der Waals surface area contributed by atoms with Gasteiger partial charge in [0.15, 0.2) is 0 Å². The maximum Gasteiger partial charge on any atom is 0.244 e. The highest BCUT2D eigenvalue weighted by Crippen LogP contribution is 2.31. The van der Waals surface area contributed by atoms with E-state index in [4.69, 9.17) is 0 Å². The van der Waals surface area contributed by atoms with E-state index >= 15 is 0 Å². The Bertz CT molecular complexity index is 540. The molecular weight excluding hydrogens is 300 g/mol. The maximum absolute atomic E-state index is 12.3. The van der Waals surface area contributed by atoms with Crippen LogP contribution in [0.3, 0.4) is 0 Å². The van der Waals surface area contributed by atoms with Gasteiger partial charge >= 0.3 is 0 Å². The van der Waals surface area contributed by atoms with Crippen LogP contribution in [0.2, 0.25) is 0 Å². The van der Waals surface area contributed by atoms with Crippen molar-refractivity contribution in [3.63, 3.8) is 0 Å². The molecule has 6 heteroatoms. The van der Waals surface area contributed by atoms with Gasteiger partial charge in [0.25, 0.3) is 0 Å². The summed E-state index contributed by atoms with van der Waals surface area (Å²) in [5, 5.41) is 2.22. The Morgan fingerprint density at radius 1 is 1.09 bits per heavy atom. The van der Waals surface area contributed by atoms with Gasteiger partial charge in [-0.05, 0) is 25.0 Å². The van der Waals surface area contributed by atoms with Crippen LogP contribution in [0.4, 0.5) is 5.69 Å². The number of hydrogen-bond acceptors (Lipinski definition) is 4. The minimum Gasteiger partial charge on any atom is -0.325 e. The first-order valence-corrected chi connectivity index (χ1v) is 8.36. The van der Waals surface area contributed by atoms with Gasteiger partial charge in [-0.2, -0.15) is 0 Å². The Balaban J connectivity index is 2.06. The zero-order valence-electron chi connectivity index (χ0n) is 12.7. The first-order valence-electron chi connectivity index (χ1n) is 7.42. The molecule has 0 aromatic heterocycles. The predicted molar refractivity (Wildman–Crippen MR) is 87.5 cm³/mol. The number of benzene rings is 1. The summed E-state index contributed by atoms with van der Waals surface area (Å²) in [5.74, 6) is -0.875. The standard InChI is InChI=1S/C16H20N2O3S/c1-3-12-15(20)18(16(21)13(4-2)22-12)10-14(19)17-11-8-6-5-7-9-11/h5-9,12-13H,3-4,10H2,1-2H3,(H,17,19)/t12-,13+. The van der Waals surface area contributed by atoms with Crippen molar-refractivity contribution in [2.45, 2.75) is 37.2 Å². The lowest BCUT2D eigenvalue weighted by Gasteiger charge is -2.34. The van der Waals surface area contributed by atoms with Crippen LogP contribution in [0.25, 0.3) is 0 Å². The number of para-hydroxylation sites is 1. The molecule has 5 nitrogen and oxygen atoms in total. The minimum absolute atomic E-state index is 0.222. The van der Waals surface area contributed by atoms with Crippen LogP contribution in [0, 0.1) is 0 Å². The number of rotatable bonds is 5. The lowest BCUT2D eigenvalue weighted by Crippen LogP contribution is -2.53. The highest BCUT2D eigenvalue weighted by atomic mass is 32.2. The van der Waals surface area contributed by atoms with Gasteiger partial charge in [-0.15, -0.1) is 11.8 Å². The first kappa shape index (κ1) is 16.5. The van der Waals surface area contributed by atoms with Crippen molar-refractivity contribution in [3.8, 4) is 0 Å². The first-order chi connectivity index (χ1) is 10.6. The molecular formula is C16H20N2O3S. The van der Waals surface area contributed by atoms with Crippen molar-refractivity contribution >= 4 is 35.2 Å². The number of nitrogens with zero attached hydrogens (tertiary/aromatic N) is 1. The lowest BCUT2D eigenvalue weighted by atomic mass is 10.2. The molecule has 1 N–H and O–H groups in total. The molecule has 118 valence electrons. The third-order valence-electron chi connectivity index (χ3n) is 3.51. The number of carbonyl (C=O) groups excluding carboxylic acids is 3. The van der Waals surface area contributed by atoms with Crippen LogP contribution in [0.15, 0.2) is 30.3 Å². The van der Waals surface area contributed by atoms with E-state index in [9.17, 15) is 14.4 Å². The number of carbonyl (C=O) groups is 3. The highest BCUT2D eigenvalue weighted by Gasteiger charge is 2.40. The molecule has 2 rings (SSSR count). The molecule has 0 saturated carbocycles. The van der Waals surface area contributed by atoms with Crippen LogP contribution in [0.5, 0.6) is 0 Å². The van der Waals surface area contributed by atoms with Gasteiger partial charge in [0.2, 0.25) is 17.7 Å². The van der Waals surface area contributed by atoms with Crippen LogP contribution in [-0.2, 0) is 14.4 Å². The Morgan fingerprint density at radius 3 is 2.14 bits per heavy atom. The fraction of sp³-hybridized carbons (Fsp3) is 0.438. The summed E-state index contributed by atoms with van der Waals surface area (Å²) < 4.78 is 0. The van der Waals surface area contributed by atoms with Crippen LogP contribution in [-0.4, -0.2) is 39.7 Å². The van der Waals surface area contributed by atoms with E-state index in [1.165, 1.54) is 11.8 Å². The third-order valence-corrected chi connectivity index (χ3v) is 5.24. The Hall–Kier alpha value is -1.82. The summed E-state index contributed by atoms with van der Waals surface area (Å²) >= 11 is 1.41.